The van der Waals surface area contributed by atoms with E-state index >= 15 is 0 Å². The second-order valence-electron chi connectivity index (χ2n) is 7.81. The molecule has 0 spiro atoms. The Balaban J connectivity index is 2.40. The Morgan fingerprint density at radius 1 is 1.00 bits per heavy atom. The summed E-state index contributed by atoms with van der Waals surface area (Å²) in [5, 5.41) is 0. The van der Waals surface area contributed by atoms with Gasteiger partial charge in [0.15, 0.2) is 0 Å². The van der Waals surface area contributed by atoms with Gasteiger partial charge in [-0.2, -0.15) is 0 Å². The molecule has 178 valence electrons. The van der Waals surface area contributed by atoms with Crippen LogP contribution in [0.4, 0.5) is 0 Å². The van der Waals surface area contributed by atoms with Crippen molar-refractivity contribution >= 4 is 34.3 Å². The summed E-state index contributed by atoms with van der Waals surface area (Å²) >= 11 is 7.08. The van der Waals surface area contributed by atoms with Crippen LogP contribution in [0.25, 0.3) is 0 Å². The number of carbonyl (C=O) groups excluding carboxylic acids is 1. The fourth-order valence-electron chi connectivity index (χ4n) is 3.48. The van der Waals surface area contributed by atoms with Gasteiger partial charge in [0.1, 0.15) is 9.23 Å². The van der Waals surface area contributed by atoms with Crippen molar-refractivity contribution in [1.82, 2.24) is 9.80 Å². The van der Waals surface area contributed by atoms with Crippen LogP contribution in [0.3, 0.4) is 0 Å². The van der Waals surface area contributed by atoms with Crippen molar-refractivity contribution in [1.29, 1.82) is 0 Å². The number of ether oxygens (including phenoxy) is 1. The van der Waals surface area contributed by atoms with E-state index in [1.807, 2.05) is 49.5 Å². The zero-order chi connectivity index (χ0) is 24.1. The molecule has 0 unspecified atom stereocenters. The number of rotatable bonds is 12. The number of nitrogens with zero attached hydrogens (tertiary/aromatic N) is 2. The van der Waals surface area contributed by atoms with Gasteiger partial charge in [0.05, 0.1) is 12.6 Å². The lowest BCUT2D eigenvalue weighted by Gasteiger charge is -2.30. The molecule has 2 aromatic rings. The SMILES string of the molecule is CCCN(CCC)C(=S)S/C(=C/N(Cc1ccccc1)[C@H](C)c1ccccc1)C(=O)OCC. The lowest BCUT2D eigenvalue weighted by molar-refractivity contribution is -0.137. The fourth-order valence-corrected chi connectivity index (χ4v) is 4.76. The van der Waals surface area contributed by atoms with Gasteiger partial charge >= 0.3 is 5.97 Å². The third-order valence-electron chi connectivity index (χ3n) is 5.19. The molecule has 2 aromatic carbocycles. The summed E-state index contributed by atoms with van der Waals surface area (Å²) < 4.78 is 6.12. The molecule has 4 nitrogen and oxygen atoms in total. The molecule has 0 bridgehead atoms. The highest BCUT2D eigenvalue weighted by Gasteiger charge is 2.21. The summed E-state index contributed by atoms with van der Waals surface area (Å²) in [7, 11) is 0. The predicted octanol–water partition coefficient (Wildman–Crippen LogP) is 6.79. The van der Waals surface area contributed by atoms with Gasteiger partial charge in [-0.1, -0.05) is 98.5 Å². The third kappa shape index (κ3) is 8.86. The molecule has 0 aliphatic heterocycles. The van der Waals surface area contributed by atoms with E-state index in [1.165, 1.54) is 22.9 Å². The molecule has 0 amide bonds. The topological polar surface area (TPSA) is 32.8 Å². The zero-order valence-electron chi connectivity index (χ0n) is 20.2. The van der Waals surface area contributed by atoms with Crippen LogP contribution in [-0.4, -0.2) is 39.8 Å². The van der Waals surface area contributed by atoms with Crippen molar-refractivity contribution in [3.8, 4) is 0 Å². The van der Waals surface area contributed by atoms with E-state index in [2.05, 4.69) is 54.8 Å². The number of hydrogen-bond acceptors (Lipinski definition) is 5. The van der Waals surface area contributed by atoms with Gasteiger partial charge in [-0.15, -0.1) is 0 Å². The Bertz CT molecular complexity index is 882. The molecule has 0 aromatic heterocycles. The molecular formula is C27H36N2O2S2. The molecule has 0 aliphatic carbocycles. The number of esters is 1. The van der Waals surface area contributed by atoms with Gasteiger partial charge in [-0.3, -0.25) is 0 Å². The number of thioether (sulfide) groups is 1. The zero-order valence-corrected chi connectivity index (χ0v) is 21.8. The molecule has 6 heteroatoms. The maximum atomic E-state index is 12.9. The minimum Gasteiger partial charge on any atom is -0.462 e. The van der Waals surface area contributed by atoms with Gasteiger partial charge in [0.2, 0.25) is 0 Å². The molecule has 0 N–H and O–H groups in total. The highest BCUT2D eigenvalue weighted by molar-refractivity contribution is 8.25. The van der Waals surface area contributed by atoms with E-state index in [1.54, 1.807) is 0 Å². The summed E-state index contributed by atoms with van der Waals surface area (Å²) in [5.74, 6) is -0.337. The van der Waals surface area contributed by atoms with Gasteiger partial charge in [0, 0.05) is 25.8 Å². The molecule has 33 heavy (non-hydrogen) atoms. The normalized spacial score (nSPS) is 12.2. The molecule has 0 aliphatic rings. The highest BCUT2D eigenvalue weighted by Crippen LogP contribution is 2.28. The first-order valence-corrected chi connectivity index (χ1v) is 12.9. The van der Waals surface area contributed by atoms with Crippen LogP contribution < -0.4 is 0 Å². The molecule has 0 heterocycles. The van der Waals surface area contributed by atoms with Crippen LogP contribution in [0.15, 0.2) is 71.8 Å². The first-order valence-electron chi connectivity index (χ1n) is 11.7. The average molecular weight is 485 g/mol. The van der Waals surface area contributed by atoms with E-state index in [-0.39, 0.29) is 12.0 Å². The maximum absolute atomic E-state index is 12.9. The first-order chi connectivity index (χ1) is 16.0. The second-order valence-corrected chi connectivity index (χ2v) is 9.49. The summed E-state index contributed by atoms with van der Waals surface area (Å²) in [6.45, 7) is 11.0. The number of hydrogen-bond donors (Lipinski definition) is 0. The summed E-state index contributed by atoms with van der Waals surface area (Å²) in [6, 6.07) is 20.7. The standard InChI is InChI=1S/C27H36N2O2S2/c1-5-18-28(19-6-2)27(32)33-25(26(30)31-7-3)21-29(20-23-14-10-8-11-15-23)22(4)24-16-12-9-13-17-24/h8-17,21-22H,5-7,18-20H2,1-4H3/b25-21+/t22-/m1/s1. The third-order valence-corrected chi connectivity index (χ3v) is 6.62. The number of thiocarbonyl (C=S) groups is 1. The van der Waals surface area contributed by atoms with Crippen LogP contribution in [0.2, 0.25) is 0 Å². The van der Waals surface area contributed by atoms with Crippen molar-refractivity contribution in [2.45, 2.75) is 53.1 Å². The molecule has 1 atom stereocenters. The summed E-state index contributed by atoms with van der Waals surface area (Å²) in [6.07, 6.45) is 3.93. The van der Waals surface area contributed by atoms with E-state index in [9.17, 15) is 4.79 Å². The second kappa shape index (κ2) is 14.8. The van der Waals surface area contributed by atoms with Gasteiger partial charge < -0.3 is 14.5 Å². The van der Waals surface area contributed by atoms with Gasteiger partial charge in [-0.25, -0.2) is 4.79 Å². The largest absolute Gasteiger partial charge is 0.462 e. The lowest BCUT2D eigenvalue weighted by atomic mass is 10.1. The smallest absolute Gasteiger partial charge is 0.346 e. The van der Waals surface area contributed by atoms with Gasteiger partial charge in [0.25, 0.3) is 0 Å². The molecule has 0 radical (unpaired) electrons. The Labute approximate surface area is 209 Å². The van der Waals surface area contributed by atoms with Crippen molar-refractivity contribution in [3.63, 3.8) is 0 Å². The quantitative estimate of drug-likeness (QED) is 0.187. The Hall–Kier alpha value is -2.31. The number of carbonyl (C=O) groups is 1. The van der Waals surface area contributed by atoms with Crippen LogP contribution >= 0.6 is 24.0 Å². The van der Waals surface area contributed by atoms with Crippen molar-refractivity contribution < 1.29 is 9.53 Å². The minimum absolute atomic E-state index is 0.0624. The Kier molecular flexibility index (Phi) is 12.0. The van der Waals surface area contributed by atoms with Crippen LogP contribution in [0, 0.1) is 0 Å². The maximum Gasteiger partial charge on any atom is 0.346 e. The molecule has 0 saturated carbocycles. The molecular weight excluding hydrogens is 448 g/mol. The Morgan fingerprint density at radius 3 is 2.12 bits per heavy atom. The highest BCUT2D eigenvalue weighted by atomic mass is 32.2. The average Bonchev–Trinajstić information content (AvgIpc) is 2.83. The Morgan fingerprint density at radius 2 is 1.58 bits per heavy atom. The van der Waals surface area contributed by atoms with E-state index in [0.29, 0.717) is 22.4 Å². The van der Waals surface area contributed by atoms with Crippen LogP contribution in [0.5, 0.6) is 0 Å². The first kappa shape index (κ1) is 26.9. The molecule has 2 rings (SSSR count). The number of benzene rings is 2. The van der Waals surface area contributed by atoms with Crippen molar-refractivity contribution in [2.75, 3.05) is 19.7 Å². The summed E-state index contributed by atoms with van der Waals surface area (Å²) in [5.41, 5.74) is 2.35. The van der Waals surface area contributed by atoms with Gasteiger partial charge in [-0.05, 0) is 37.8 Å². The van der Waals surface area contributed by atoms with Crippen molar-refractivity contribution in [3.05, 3.63) is 82.9 Å². The minimum atomic E-state index is -0.337. The lowest BCUT2D eigenvalue weighted by Crippen LogP contribution is -2.30. The van der Waals surface area contributed by atoms with E-state index < -0.39 is 0 Å². The van der Waals surface area contributed by atoms with Crippen LogP contribution in [-0.2, 0) is 16.1 Å². The summed E-state index contributed by atoms with van der Waals surface area (Å²) in [4.78, 5) is 17.8. The van der Waals surface area contributed by atoms with Crippen molar-refractivity contribution in [2.24, 2.45) is 0 Å². The fraction of sp³-hybridized carbons (Fsp3) is 0.407. The van der Waals surface area contributed by atoms with Crippen LogP contribution in [0.1, 0.15) is 57.7 Å². The predicted molar refractivity (Wildman–Crippen MR) is 144 cm³/mol. The van der Waals surface area contributed by atoms with E-state index in [4.69, 9.17) is 17.0 Å². The monoisotopic (exact) mass is 484 g/mol. The van der Waals surface area contributed by atoms with E-state index in [0.717, 1.165) is 25.9 Å². The molecule has 0 saturated heterocycles. The molecule has 0 fully saturated rings.